The molecule has 0 N–H and O–H groups in total. The molecule has 2 rings (SSSR count). The zero-order chi connectivity index (χ0) is 15.1. The van der Waals surface area contributed by atoms with Crippen LogP contribution in [-0.4, -0.2) is 41.2 Å². The van der Waals surface area contributed by atoms with Gasteiger partial charge in [-0.2, -0.15) is 4.98 Å². The number of carbonyl (C=O) groups is 1. The lowest BCUT2D eigenvalue weighted by atomic mass is 10.0. The van der Waals surface area contributed by atoms with Gasteiger partial charge in [-0.15, -0.1) is 0 Å². The number of ether oxygens (including phenoxy) is 1. The Morgan fingerprint density at radius 1 is 1.48 bits per heavy atom. The minimum absolute atomic E-state index is 0.0639. The minimum atomic E-state index is -0.0639. The van der Waals surface area contributed by atoms with Crippen molar-refractivity contribution in [1.82, 2.24) is 15.0 Å². The summed E-state index contributed by atoms with van der Waals surface area (Å²) in [7, 11) is 1.61. The van der Waals surface area contributed by atoms with Gasteiger partial charge in [0.2, 0.25) is 11.8 Å². The quantitative estimate of drug-likeness (QED) is 0.773. The highest BCUT2D eigenvalue weighted by Crippen LogP contribution is 2.30. The molecule has 0 spiro atoms. The predicted octanol–water partition coefficient (Wildman–Crippen LogP) is 2.50. The van der Waals surface area contributed by atoms with E-state index in [1.54, 1.807) is 7.11 Å². The number of piperidine rings is 1. The van der Waals surface area contributed by atoms with Crippen LogP contribution in [0.25, 0.3) is 0 Å². The SMILES string of the molecule is CCCCc1noc([C@H]2CCCCN2C(=O)CCOC)n1. The first kappa shape index (κ1) is 15.9. The third-order valence-corrected chi connectivity index (χ3v) is 3.87. The maximum absolute atomic E-state index is 12.3. The predicted molar refractivity (Wildman–Crippen MR) is 77.7 cm³/mol. The number of amides is 1. The fraction of sp³-hybridized carbons (Fsp3) is 0.800. The lowest BCUT2D eigenvalue weighted by Gasteiger charge is -2.33. The Morgan fingerprint density at radius 3 is 3.10 bits per heavy atom. The molecule has 2 heterocycles. The molecule has 1 atom stereocenters. The van der Waals surface area contributed by atoms with Gasteiger partial charge >= 0.3 is 0 Å². The number of likely N-dealkylation sites (tertiary alicyclic amines) is 1. The number of hydrogen-bond donors (Lipinski definition) is 0. The normalized spacial score (nSPS) is 19.0. The van der Waals surface area contributed by atoms with Crippen LogP contribution in [0.1, 0.15) is 63.2 Å². The number of aromatic nitrogens is 2. The molecule has 1 amide bonds. The third-order valence-electron chi connectivity index (χ3n) is 3.87. The molecule has 1 fully saturated rings. The number of nitrogens with zero attached hydrogens (tertiary/aromatic N) is 3. The van der Waals surface area contributed by atoms with Crippen LogP contribution in [0.15, 0.2) is 4.52 Å². The summed E-state index contributed by atoms with van der Waals surface area (Å²) in [6.45, 7) is 3.35. The molecule has 1 aromatic heterocycles. The van der Waals surface area contributed by atoms with Crippen molar-refractivity contribution in [2.45, 2.75) is 57.9 Å². The number of hydrogen-bond acceptors (Lipinski definition) is 5. The molecular weight excluding hydrogens is 270 g/mol. The molecule has 0 aliphatic carbocycles. The van der Waals surface area contributed by atoms with Crippen LogP contribution in [0.5, 0.6) is 0 Å². The van der Waals surface area contributed by atoms with Gasteiger partial charge in [-0.25, -0.2) is 0 Å². The van der Waals surface area contributed by atoms with Gasteiger partial charge < -0.3 is 14.2 Å². The van der Waals surface area contributed by atoms with Gasteiger partial charge in [-0.1, -0.05) is 18.5 Å². The van der Waals surface area contributed by atoms with Crippen LogP contribution in [-0.2, 0) is 16.0 Å². The molecule has 0 bridgehead atoms. The molecule has 1 aliphatic heterocycles. The zero-order valence-corrected chi connectivity index (χ0v) is 13.0. The highest BCUT2D eigenvalue weighted by Gasteiger charge is 2.31. The largest absolute Gasteiger partial charge is 0.384 e. The van der Waals surface area contributed by atoms with Gasteiger partial charge in [0.1, 0.15) is 6.04 Å². The Balaban J connectivity index is 2.03. The number of carbonyl (C=O) groups excluding carboxylic acids is 1. The van der Waals surface area contributed by atoms with E-state index in [1.807, 2.05) is 4.90 Å². The summed E-state index contributed by atoms with van der Waals surface area (Å²) in [6.07, 6.45) is 6.43. The molecule has 0 radical (unpaired) electrons. The van der Waals surface area contributed by atoms with Crippen molar-refractivity contribution < 1.29 is 14.1 Å². The summed E-state index contributed by atoms with van der Waals surface area (Å²) < 4.78 is 10.4. The number of aryl methyl sites for hydroxylation is 1. The molecular formula is C15H25N3O3. The van der Waals surface area contributed by atoms with Crippen molar-refractivity contribution in [2.24, 2.45) is 0 Å². The second-order valence-corrected chi connectivity index (χ2v) is 5.49. The van der Waals surface area contributed by atoms with Gasteiger partial charge in [0.25, 0.3) is 0 Å². The third kappa shape index (κ3) is 4.27. The average molecular weight is 295 g/mol. The molecule has 0 saturated carbocycles. The first-order valence-corrected chi connectivity index (χ1v) is 7.87. The molecule has 6 nitrogen and oxygen atoms in total. The van der Waals surface area contributed by atoms with Crippen LogP contribution in [0.4, 0.5) is 0 Å². The summed E-state index contributed by atoms with van der Waals surface area (Å²) in [5.74, 6) is 1.45. The Labute approximate surface area is 125 Å². The van der Waals surface area contributed by atoms with Crippen molar-refractivity contribution in [3.63, 3.8) is 0 Å². The molecule has 1 aromatic rings. The molecule has 1 saturated heterocycles. The van der Waals surface area contributed by atoms with Crippen molar-refractivity contribution in [3.05, 3.63) is 11.7 Å². The molecule has 0 unspecified atom stereocenters. The highest BCUT2D eigenvalue weighted by atomic mass is 16.5. The Morgan fingerprint density at radius 2 is 2.33 bits per heavy atom. The lowest BCUT2D eigenvalue weighted by Crippen LogP contribution is -2.39. The smallest absolute Gasteiger partial charge is 0.249 e. The second kappa shape index (κ2) is 8.12. The highest BCUT2D eigenvalue weighted by molar-refractivity contribution is 5.76. The molecule has 118 valence electrons. The van der Waals surface area contributed by atoms with E-state index in [9.17, 15) is 4.79 Å². The maximum Gasteiger partial charge on any atom is 0.249 e. The first-order valence-electron chi connectivity index (χ1n) is 7.87. The summed E-state index contributed by atoms with van der Waals surface area (Å²) in [4.78, 5) is 18.6. The topological polar surface area (TPSA) is 68.5 Å². The van der Waals surface area contributed by atoms with Gasteiger partial charge in [-0.05, 0) is 25.7 Å². The monoisotopic (exact) mass is 295 g/mol. The lowest BCUT2D eigenvalue weighted by molar-refractivity contribution is -0.136. The summed E-state index contributed by atoms with van der Waals surface area (Å²) in [5, 5.41) is 4.04. The average Bonchev–Trinajstić information content (AvgIpc) is 2.99. The summed E-state index contributed by atoms with van der Waals surface area (Å²) in [5.41, 5.74) is 0. The summed E-state index contributed by atoms with van der Waals surface area (Å²) in [6, 6.07) is -0.0639. The fourth-order valence-corrected chi connectivity index (χ4v) is 2.66. The van der Waals surface area contributed by atoms with Crippen molar-refractivity contribution >= 4 is 5.91 Å². The number of methoxy groups -OCH3 is 1. The Kier molecular flexibility index (Phi) is 6.17. The van der Waals surface area contributed by atoms with Crippen LogP contribution in [0.3, 0.4) is 0 Å². The number of unbranched alkanes of at least 4 members (excludes halogenated alkanes) is 1. The van der Waals surface area contributed by atoms with E-state index in [2.05, 4.69) is 17.1 Å². The van der Waals surface area contributed by atoms with E-state index < -0.39 is 0 Å². The van der Waals surface area contributed by atoms with Gasteiger partial charge in [0.05, 0.1) is 13.0 Å². The Hall–Kier alpha value is -1.43. The standard InChI is InChI=1S/C15H25N3O3/c1-3-4-8-13-16-15(21-17-13)12-7-5-6-10-18(12)14(19)9-11-20-2/h12H,3-11H2,1-2H3/t12-/m1/s1. The molecule has 1 aliphatic rings. The fourth-order valence-electron chi connectivity index (χ4n) is 2.66. The van der Waals surface area contributed by atoms with E-state index >= 15 is 0 Å². The molecule has 21 heavy (non-hydrogen) atoms. The van der Waals surface area contributed by atoms with E-state index in [1.165, 1.54) is 0 Å². The van der Waals surface area contributed by atoms with Crippen molar-refractivity contribution in [3.8, 4) is 0 Å². The van der Waals surface area contributed by atoms with E-state index in [4.69, 9.17) is 9.26 Å². The van der Waals surface area contributed by atoms with Crippen LogP contribution >= 0.6 is 0 Å². The minimum Gasteiger partial charge on any atom is -0.384 e. The molecule has 0 aromatic carbocycles. The van der Waals surface area contributed by atoms with E-state index in [-0.39, 0.29) is 11.9 Å². The second-order valence-electron chi connectivity index (χ2n) is 5.49. The molecule has 6 heteroatoms. The van der Waals surface area contributed by atoms with Crippen molar-refractivity contribution in [1.29, 1.82) is 0 Å². The van der Waals surface area contributed by atoms with E-state index in [0.29, 0.717) is 18.9 Å². The van der Waals surface area contributed by atoms with Crippen LogP contribution in [0, 0.1) is 0 Å². The number of rotatable bonds is 7. The van der Waals surface area contributed by atoms with E-state index in [0.717, 1.165) is 50.9 Å². The summed E-state index contributed by atoms with van der Waals surface area (Å²) >= 11 is 0. The van der Waals surface area contributed by atoms with Gasteiger partial charge in [-0.3, -0.25) is 4.79 Å². The Bertz CT molecular complexity index is 447. The van der Waals surface area contributed by atoms with Crippen molar-refractivity contribution in [2.75, 3.05) is 20.3 Å². The van der Waals surface area contributed by atoms with Gasteiger partial charge in [0.15, 0.2) is 5.82 Å². The maximum atomic E-state index is 12.3. The van der Waals surface area contributed by atoms with Gasteiger partial charge in [0, 0.05) is 20.1 Å². The van der Waals surface area contributed by atoms with Crippen LogP contribution < -0.4 is 0 Å². The van der Waals surface area contributed by atoms with Crippen LogP contribution in [0.2, 0.25) is 0 Å². The zero-order valence-electron chi connectivity index (χ0n) is 13.0. The first-order chi connectivity index (χ1) is 10.3.